The van der Waals surface area contributed by atoms with E-state index in [1.807, 2.05) is 0 Å². The normalized spacial score (nSPS) is 11.6. The van der Waals surface area contributed by atoms with Crippen LogP contribution < -0.4 is 14.2 Å². The average Bonchev–Trinajstić information content (AvgIpc) is 3.26. The van der Waals surface area contributed by atoms with Gasteiger partial charge in [0.05, 0.1) is 24.8 Å². The van der Waals surface area contributed by atoms with Crippen molar-refractivity contribution < 1.29 is 31.1 Å². The number of sulfonamides is 2. The van der Waals surface area contributed by atoms with Crippen LogP contribution in [0.4, 0.5) is 11.4 Å². The lowest BCUT2D eigenvalue weighted by molar-refractivity contribution is 0.0602. The summed E-state index contributed by atoms with van der Waals surface area (Å²) in [6.45, 7) is 1.62. The van der Waals surface area contributed by atoms with E-state index in [-0.39, 0.29) is 20.4 Å². The molecule has 0 unspecified atom stereocenters. The van der Waals surface area contributed by atoms with Gasteiger partial charge in [-0.05, 0) is 60.3 Å². The Morgan fingerprint density at radius 1 is 0.906 bits per heavy atom. The molecule has 0 spiro atoms. The van der Waals surface area contributed by atoms with E-state index in [1.54, 1.807) is 31.2 Å². The Hall–Kier alpha value is -3.09. The first-order chi connectivity index (χ1) is 15.1. The molecule has 0 aliphatic carbocycles. The number of rotatable bonds is 8. The molecule has 3 aromatic rings. The van der Waals surface area contributed by atoms with Crippen molar-refractivity contribution >= 4 is 48.7 Å². The molecule has 9 nitrogen and oxygen atoms in total. The summed E-state index contributed by atoms with van der Waals surface area (Å²) in [6, 6.07) is 11.6. The SMILES string of the molecule is COC(=O)c1sccc1S(=O)(=O)Nc1cc(S(=O)(=O)Nc2ccc(OC)cc2)ccc1C. The maximum Gasteiger partial charge on any atom is 0.349 e. The minimum atomic E-state index is -4.18. The van der Waals surface area contributed by atoms with Crippen molar-refractivity contribution in [3.63, 3.8) is 0 Å². The highest BCUT2D eigenvalue weighted by atomic mass is 32.2. The van der Waals surface area contributed by atoms with E-state index >= 15 is 0 Å². The Morgan fingerprint density at radius 3 is 2.22 bits per heavy atom. The largest absolute Gasteiger partial charge is 0.497 e. The van der Waals surface area contributed by atoms with Crippen LogP contribution in [-0.4, -0.2) is 37.0 Å². The Balaban J connectivity index is 1.91. The predicted molar refractivity (Wildman–Crippen MR) is 121 cm³/mol. The molecule has 0 amide bonds. The molecular formula is C20H20N2O7S3. The first-order valence-electron chi connectivity index (χ1n) is 9.03. The summed E-state index contributed by atoms with van der Waals surface area (Å²) in [5, 5.41) is 1.45. The van der Waals surface area contributed by atoms with Gasteiger partial charge >= 0.3 is 5.97 Å². The fourth-order valence-electron chi connectivity index (χ4n) is 2.70. The number of nitrogens with one attached hydrogen (secondary N) is 2. The third-order valence-corrected chi connectivity index (χ3v) is 8.21. The molecule has 0 aliphatic rings. The van der Waals surface area contributed by atoms with Gasteiger partial charge in [0.15, 0.2) is 0 Å². The van der Waals surface area contributed by atoms with Crippen LogP contribution in [-0.2, 0) is 24.8 Å². The predicted octanol–water partition coefficient (Wildman–Crippen LogP) is 3.45. The minimum absolute atomic E-state index is 0.0598. The quantitative estimate of drug-likeness (QED) is 0.457. The second-order valence-electron chi connectivity index (χ2n) is 6.52. The molecule has 0 atom stereocenters. The number of carbonyl (C=O) groups excluding carboxylic acids is 1. The fraction of sp³-hybridized carbons (Fsp3) is 0.150. The number of anilines is 2. The number of esters is 1. The van der Waals surface area contributed by atoms with Crippen LogP contribution in [0.1, 0.15) is 15.2 Å². The summed E-state index contributed by atoms with van der Waals surface area (Å²) in [4.78, 5) is 11.4. The zero-order valence-electron chi connectivity index (χ0n) is 17.3. The van der Waals surface area contributed by atoms with Crippen LogP contribution in [0.3, 0.4) is 0 Å². The summed E-state index contributed by atoms with van der Waals surface area (Å²) < 4.78 is 65.9. The zero-order valence-corrected chi connectivity index (χ0v) is 19.7. The van der Waals surface area contributed by atoms with E-state index in [4.69, 9.17) is 4.74 Å². The molecular weight excluding hydrogens is 476 g/mol. The molecule has 12 heteroatoms. The number of benzene rings is 2. The molecule has 0 aliphatic heterocycles. The monoisotopic (exact) mass is 496 g/mol. The molecule has 2 N–H and O–H groups in total. The van der Waals surface area contributed by atoms with Crippen LogP contribution in [0.2, 0.25) is 0 Å². The maximum absolute atomic E-state index is 12.9. The van der Waals surface area contributed by atoms with E-state index in [0.717, 1.165) is 18.4 Å². The molecule has 0 saturated carbocycles. The van der Waals surface area contributed by atoms with E-state index in [0.29, 0.717) is 17.0 Å². The van der Waals surface area contributed by atoms with Crippen LogP contribution in [0.5, 0.6) is 5.75 Å². The Bertz CT molecular complexity index is 1350. The summed E-state index contributed by atoms with van der Waals surface area (Å²) in [5.74, 6) is -0.211. The Morgan fingerprint density at radius 2 is 1.59 bits per heavy atom. The third-order valence-electron chi connectivity index (χ3n) is 4.40. The van der Waals surface area contributed by atoms with Crippen LogP contribution in [0.25, 0.3) is 0 Å². The van der Waals surface area contributed by atoms with Gasteiger partial charge in [0, 0.05) is 5.69 Å². The number of methoxy groups -OCH3 is 2. The number of thiophene rings is 1. The summed E-state index contributed by atoms with van der Waals surface area (Å²) in [5.41, 5.74) is 0.867. The van der Waals surface area contributed by atoms with Gasteiger partial charge in [-0.2, -0.15) is 0 Å². The van der Waals surface area contributed by atoms with E-state index < -0.39 is 26.0 Å². The second-order valence-corrected chi connectivity index (χ2v) is 10.8. The maximum atomic E-state index is 12.9. The van der Waals surface area contributed by atoms with Gasteiger partial charge in [-0.15, -0.1) is 11.3 Å². The molecule has 32 heavy (non-hydrogen) atoms. The van der Waals surface area contributed by atoms with Crippen molar-refractivity contribution in [3.8, 4) is 5.75 Å². The van der Waals surface area contributed by atoms with Crippen molar-refractivity contribution in [2.45, 2.75) is 16.7 Å². The van der Waals surface area contributed by atoms with Crippen LogP contribution in [0, 0.1) is 6.92 Å². The highest BCUT2D eigenvalue weighted by molar-refractivity contribution is 7.93. The van der Waals surface area contributed by atoms with Crippen LogP contribution in [0.15, 0.2) is 63.7 Å². The van der Waals surface area contributed by atoms with Gasteiger partial charge in [0.1, 0.15) is 15.5 Å². The molecule has 0 bridgehead atoms. The average molecular weight is 497 g/mol. The highest BCUT2D eigenvalue weighted by Gasteiger charge is 2.26. The number of hydrogen-bond acceptors (Lipinski definition) is 8. The smallest absolute Gasteiger partial charge is 0.349 e. The topological polar surface area (TPSA) is 128 Å². The first-order valence-corrected chi connectivity index (χ1v) is 12.9. The standard InChI is InChI=1S/C20H20N2O7S3/c1-13-4-9-16(31(24,25)21-14-5-7-15(28-2)8-6-14)12-17(13)22-32(26,27)18-10-11-30-19(18)20(23)29-3/h4-12,21-22H,1-3H3. The van der Waals surface area contributed by atoms with Crippen molar-refractivity contribution in [3.05, 3.63) is 64.4 Å². The van der Waals surface area contributed by atoms with Crippen molar-refractivity contribution in [2.24, 2.45) is 0 Å². The number of hydrogen-bond donors (Lipinski definition) is 2. The minimum Gasteiger partial charge on any atom is -0.497 e. The third kappa shape index (κ3) is 5.03. The van der Waals surface area contributed by atoms with Gasteiger partial charge in [0.25, 0.3) is 20.0 Å². The molecule has 2 aromatic carbocycles. The molecule has 0 saturated heterocycles. The molecule has 0 fully saturated rings. The van der Waals surface area contributed by atoms with Crippen molar-refractivity contribution in [1.82, 2.24) is 0 Å². The highest BCUT2D eigenvalue weighted by Crippen LogP contribution is 2.28. The van der Waals surface area contributed by atoms with Gasteiger partial charge < -0.3 is 9.47 Å². The summed E-state index contributed by atoms with van der Waals surface area (Å²) in [7, 11) is -5.53. The zero-order chi connectivity index (χ0) is 23.5. The lowest BCUT2D eigenvalue weighted by Gasteiger charge is -2.14. The van der Waals surface area contributed by atoms with Gasteiger partial charge in [0.2, 0.25) is 0 Å². The van der Waals surface area contributed by atoms with Crippen molar-refractivity contribution in [2.75, 3.05) is 23.7 Å². The van der Waals surface area contributed by atoms with Gasteiger partial charge in [-0.25, -0.2) is 21.6 Å². The number of carbonyl (C=O) groups is 1. The summed E-state index contributed by atoms with van der Waals surface area (Å²) >= 11 is 0.927. The van der Waals surface area contributed by atoms with Crippen molar-refractivity contribution in [1.29, 1.82) is 0 Å². The fourth-order valence-corrected chi connectivity index (χ4v) is 6.24. The molecule has 0 radical (unpaired) electrons. The Labute approximate surface area is 190 Å². The van der Waals surface area contributed by atoms with E-state index in [2.05, 4.69) is 14.2 Å². The first kappa shape index (κ1) is 23.6. The van der Waals surface area contributed by atoms with Crippen LogP contribution >= 0.6 is 11.3 Å². The number of ether oxygens (including phenoxy) is 2. The van der Waals surface area contributed by atoms with Gasteiger partial charge in [-0.1, -0.05) is 6.07 Å². The van der Waals surface area contributed by atoms with E-state index in [1.165, 1.54) is 36.8 Å². The van der Waals surface area contributed by atoms with Gasteiger partial charge in [-0.3, -0.25) is 9.44 Å². The summed E-state index contributed by atoms with van der Waals surface area (Å²) in [6.07, 6.45) is 0. The lowest BCUT2D eigenvalue weighted by Crippen LogP contribution is -2.17. The molecule has 3 rings (SSSR count). The lowest BCUT2D eigenvalue weighted by atomic mass is 10.2. The number of aryl methyl sites for hydroxylation is 1. The Kier molecular flexibility index (Phi) is 6.77. The molecule has 1 aromatic heterocycles. The molecule has 170 valence electrons. The molecule has 1 heterocycles. The van der Waals surface area contributed by atoms with E-state index in [9.17, 15) is 21.6 Å². The second kappa shape index (κ2) is 9.18.